The molecule has 24 nitrogen and oxygen atoms in total. The molecule has 3 aromatic carbocycles. The van der Waals surface area contributed by atoms with Gasteiger partial charge >= 0.3 is 30.2 Å². The molecule has 2 spiro atoms. The third-order valence-electron chi connectivity index (χ3n) is 16.9. The molecule has 0 bridgehead atoms. The molecular weight excluding hydrogens is 1250 g/mol. The zero-order valence-corrected chi connectivity index (χ0v) is 56.0. The Bertz CT molecular complexity index is 3600. The lowest BCUT2D eigenvalue weighted by molar-refractivity contribution is -0.156. The smallest absolute Gasteiger partial charge is 0.446 e. The quantitative estimate of drug-likeness (QED) is 0.0302. The van der Waals surface area contributed by atoms with Gasteiger partial charge in [-0.1, -0.05) is 36.4 Å². The summed E-state index contributed by atoms with van der Waals surface area (Å²) in [6.45, 7) is 17.8. The molecule has 93 heavy (non-hydrogen) atoms. The van der Waals surface area contributed by atoms with E-state index in [4.69, 9.17) is 19.4 Å². The molecule has 0 atom stereocenters. The minimum atomic E-state index is -4.64. The van der Waals surface area contributed by atoms with Crippen LogP contribution < -0.4 is 24.4 Å². The second-order valence-corrected chi connectivity index (χ2v) is 28.9. The summed E-state index contributed by atoms with van der Waals surface area (Å²) in [5, 5.41) is 20.6. The number of benzene rings is 3. The lowest BCUT2D eigenvalue weighted by Crippen LogP contribution is -2.53. The number of anilines is 4. The van der Waals surface area contributed by atoms with E-state index < -0.39 is 44.1 Å². The van der Waals surface area contributed by atoms with Crippen molar-refractivity contribution in [2.24, 2.45) is 0 Å². The summed E-state index contributed by atoms with van der Waals surface area (Å²) in [6, 6.07) is 23.6. The van der Waals surface area contributed by atoms with Gasteiger partial charge in [-0.05, 0) is 164 Å². The van der Waals surface area contributed by atoms with Gasteiger partial charge in [0.05, 0.1) is 19.6 Å². The first kappa shape index (κ1) is 72.7. The molecule has 4 N–H and O–H groups in total. The van der Waals surface area contributed by atoms with Crippen LogP contribution in [0.5, 0.6) is 5.75 Å². The highest BCUT2D eigenvalue weighted by molar-refractivity contribution is 7.92. The highest BCUT2D eigenvalue weighted by Crippen LogP contribution is 2.42. The molecule has 4 fully saturated rings. The van der Waals surface area contributed by atoms with Crippen LogP contribution in [0.25, 0.3) is 0 Å². The lowest BCUT2D eigenvalue weighted by Gasteiger charge is -2.45. The number of piperidine rings is 2. The Labute approximate surface area is 543 Å². The highest BCUT2D eigenvalue weighted by Gasteiger charge is 2.46. The van der Waals surface area contributed by atoms with Crippen molar-refractivity contribution in [3.05, 3.63) is 113 Å². The van der Waals surface area contributed by atoms with Crippen molar-refractivity contribution in [3.63, 3.8) is 0 Å². The number of hydrogen-bond acceptors (Lipinski definition) is 17. The molecule has 0 aliphatic carbocycles. The van der Waals surface area contributed by atoms with Crippen molar-refractivity contribution in [2.45, 2.75) is 154 Å². The average molecular weight is 1340 g/mol. The van der Waals surface area contributed by atoms with Gasteiger partial charge in [0.1, 0.15) is 11.4 Å². The molecule has 29 heteroatoms. The van der Waals surface area contributed by atoms with Gasteiger partial charge in [0.15, 0.2) is 11.6 Å². The van der Waals surface area contributed by atoms with E-state index in [9.17, 15) is 49.2 Å². The predicted molar refractivity (Wildman–Crippen MR) is 348 cm³/mol. The number of likely N-dealkylation sites (tertiary alicyclic amines) is 4. The van der Waals surface area contributed by atoms with Gasteiger partial charge in [0.25, 0.3) is 0 Å². The van der Waals surface area contributed by atoms with Gasteiger partial charge in [-0.3, -0.25) is 33.6 Å². The number of ether oxygens (including phenoxy) is 2. The average Bonchev–Trinajstić information content (AvgIpc) is 1.72. The largest absolute Gasteiger partial charge is 0.497 e. The number of sulfonamides is 2. The number of nitrogens with one attached hydrogen (secondary N) is 3. The number of carboxylic acid groups (broad SMARTS) is 1. The second-order valence-electron chi connectivity index (χ2n) is 25.4. The van der Waals surface area contributed by atoms with Crippen LogP contribution in [0.1, 0.15) is 126 Å². The zero-order valence-electron chi connectivity index (χ0n) is 54.3. The second kappa shape index (κ2) is 31.4. The zero-order chi connectivity index (χ0) is 67.9. The standard InChI is InChI=1S/C37H52N6O6S.C25H36N6O5S.C2HF3O/c1-28-10-13-30(32(25-28)41(20-7-9-34(44)49-36(2,3)4)26-29-11-14-31(48-5)15-12-29)27-42-21-8-17-37(42)18-23-40(24-19-37)35(45)43-22-16-33(38-43)39-50(6,46)47;1-19-6-7-20(21(17-19)26-12-3-5-23(32)33)18-30-13-4-9-25(30)10-15-29(16-11-25)24(34)31-14-8-22(27-31)28-37(2,35)36;3-2(4,5)1-6/h10-16,22,25H,7-9,17-21,23-24,26-27H2,1-6H3,(H,38,39);6-8,14,17,26H,3-5,9-13,15-16,18H2,1-2H3,(H,27,28)(H,32,33);1H. The number of aryl methyl sites for hydroxylation is 2. The van der Waals surface area contributed by atoms with Crippen LogP contribution in [0.2, 0.25) is 0 Å². The number of hydrogen-bond donors (Lipinski definition) is 4. The number of aromatic nitrogens is 4. The number of esters is 1. The molecular formula is C64H89F3N12O12S2. The van der Waals surface area contributed by atoms with E-state index in [2.05, 4.69) is 102 Å². The molecule has 510 valence electrons. The SMILES string of the molecule is COc1ccc(CN(CCCC(=O)OC(C)(C)C)c2cc(C)ccc2CN2CCCC23CCN(C(=O)n2ccc(NS(C)(=O)=O)n2)CC3)cc1.Cc1ccc(CN2CCCC23CCN(C(=O)n2ccc(NS(C)(=O)=O)n2)CC3)c(NCCCC(=O)O)c1.O=CC(F)(F)F. The van der Waals surface area contributed by atoms with E-state index in [-0.39, 0.29) is 47.2 Å². The summed E-state index contributed by atoms with van der Waals surface area (Å²) in [7, 11) is -5.28. The van der Waals surface area contributed by atoms with E-state index in [1.165, 1.54) is 50.6 Å². The van der Waals surface area contributed by atoms with E-state index in [0.717, 1.165) is 118 Å². The summed E-state index contributed by atoms with van der Waals surface area (Å²) in [5.41, 5.74) is 7.65. The summed E-state index contributed by atoms with van der Waals surface area (Å²) in [4.78, 5) is 69.5. The first-order chi connectivity index (χ1) is 43.7. The molecule has 0 radical (unpaired) electrons. The van der Waals surface area contributed by atoms with Gasteiger partial charge in [-0.2, -0.15) is 22.5 Å². The van der Waals surface area contributed by atoms with E-state index in [1.54, 1.807) is 16.9 Å². The van der Waals surface area contributed by atoms with Crippen LogP contribution >= 0.6 is 0 Å². The monoisotopic (exact) mass is 1340 g/mol. The Kier molecular flexibility index (Phi) is 24.6. The van der Waals surface area contributed by atoms with Crippen molar-refractivity contribution in [1.82, 2.24) is 39.2 Å². The molecule has 0 saturated carbocycles. The normalized spacial score (nSPS) is 16.6. The third kappa shape index (κ3) is 21.9. The van der Waals surface area contributed by atoms with Crippen molar-refractivity contribution in [2.75, 3.05) is 91.6 Å². The van der Waals surface area contributed by atoms with E-state index in [0.29, 0.717) is 65.1 Å². The number of amides is 2. The fourth-order valence-corrected chi connectivity index (χ4v) is 13.5. The number of carbonyl (C=O) groups excluding carboxylic acids is 4. The Morgan fingerprint density at radius 3 is 1.62 bits per heavy atom. The Morgan fingerprint density at radius 2 is 1.16 bits per heavy atom. The molecule has 2 amide bonds. The number of methoxy groups -OCH3 is 1. The van der Waals surface area contributed by atoms with Crippen LogP contribution in [0, 0.1) is 13.8 Å². The first-order valence-corrected chi connectivity index (χ1v) is 35.0. The van der Waals surface area contributed by atoms with E-state index in [1.807, 2.05) is 32.9 Å². The molecule has 4 saturated heterocycles. The molecule has 5 aromatic rings. The van der Waals surface area contributed by atoms with Gasteiger partial charge < -0.3 is 34.6 Å². The number of halogens is 3. The van der Waals surface area contributed by atoms with Crippen LogP contribution in [-0.4, -0.2) is 186 Å². The van der Waals surface area contributed by atoms with Crippen molar-refractivity contribution >= 4 is 73.3 Å². The Hall–Kier alpha value is -7.76. The van der Waals surface area contributed by atoms with Gasteiger partial charge in [-0.15, -0.1) is 10.2 Å². The minimum absolute atomic E-state index is 0.0103. The maximum absolute atomic E-state index is 13.3. The number of carbonyl (C=O) groups is 5. The maximum Gasteiger partial charge on any atom is 0.446 e. The van der Waals surface area contributed by atoms with E-state index >= 15 is 0 Å². The third-order valence-corrected chi connectivity index (χ3v) is 18.1. The topological polar surface area (TPSA) is 280 Å². The first-order valence-electron chi connectivity index (χ1n) is 31.2. The van der Waals surface area contributed by atoms with Gasteiger partial charge in [0.2, 0.25) is 26.3 Å². The Balaban J connectivity index is 0.000000251. The van der Waals surface area contributed by atoms with Crippen LogP contribution in [0.4, 0.5) is 45.8 Å². The van der Waals surface area contributed by atoms with Crippen molar-refractivity contribution < 1.29 is 68.6 Å². The molecule has 6 heterocycles. The molecule has 9 rings (SSSR count). The molecule has 4 aliphatic heterocycles. The van der Waals surface area contributed by atoms with Crippen LogP contribution in [0.15, 0.2) is 85.2 Å². The van der Waals surface area contributed by atoms with Gasteiger partial charge in [0, 0.05) is 119 Å². The maximum atomic E-state index is 13.3. The minimum Gasteiger partial charge on any atom is -0.497 e. The lowest BCUT2D eigenvalue weighted by atomic mass is 9.84. The fraction of sp³-hybridized carbons (Fsp3) is 0.547. The van der Waals surface area contributed by atoms with Crippen LogP contribution in [-0.2, 0) is 58.8 Å². The molecule has 0 unspecified atom stereocenters. The van der Waals surface area contributed by atoms with Gasteiger partial charge in [-0.25, -0.2) is 26.4 Å². The number of rotatable bonds is 21. The fourth-order valence-electron chi connectivity index (χ4n) is 12.5. The summed E-state index contributed by atoms with van der Waals surface area (Å²) in [6.07, 6.45) is 8.88. The van der Waals surface area contributed by atoms with Crippen LogP contribution in [0.3, 0.4) is 0 Å². The summed E-state index contributed by atoms with van der Waals surface area (Å²) >= 11 is 0. The number of carboxylic acids is 1. The highest BCUT2D eigenvalue weighted by atomic mass is 32.2. The summed E-state index contributed by atoms with van der Waals surface area (Å²) in [5.74, 6) is 0.0853. The number of aliphatic carboxylic acids is 1. The molecule has 2 aromatic heterocycles. The van der Waals surface area contributed by atoms with Crippen molar-refractivity contribution in [1.29, 1.82) is 0 Å². The number of nitrogens with zero attached hydrogens (tertiary/aromatic N) is 9. The molecule has 4 aliphatic rings. The number of alkyl halides is 3. The van der Waals surface area contributed by atoms with Crippen molar-refractivity contribution in [3.8, 4) is 5.75 Å². The predicted octanol–water partition coefficient (Wildman–Crippen LogP) is 9.48. The summed E-state index contributed by atoms with van der Waals surface area (Å²) < 4.78 is 95.3. The number of aldehydes is 1. The Morgan fingerprint density at radius 1 is 0.677 bits per heavy atom.